The fourth-order valence-corrected chi connectivity index (χ4v) is 3.78. The number of anilines is 1. The molecule has 1 heterocycles. The quantitative estimate of drug-likeness (QED) is 0.763. The fraction of sp³-hybridized carbons (Fsp3) is 0.611. The number of thioether (sulfide) groups is 1. The Morgan fingerprint density at radius 2 is 2.08 bits per heavy atom. The Bertz CT molecular complexity index is 508. The van der Waals surface area contributed by atoms with Crippen LogP contribution in [-0.4, -0.2) is 30.4 Å². The van der Waals surface area contributed by atoms with Crippen LogP contribution in [0.3, 0.4) is 0 Å². The van der Waals surface area contributed by atoms with Crippen molar-refractivity contribution in [3.63, 3.8) is 0 Å². The third-order valence-corrected chi connectivity index (χ3v) is 5.35. The third-order valence-electron chi connectivity index (χ3n) is 3.91. The molecule has 0 saturated carbocycles. The Balaban J connectivity index is 0.00000288. The molecule has 1 aliphatic rings. The monoisotopic (exact) mass is 372 g/mol. The lowest BCUT2D eigenvalue weighted by Crippen LogP contribution is -2.36. The number of hydrogen-bond donors (Lipinski definition) is 2. The molecule has 6 heteroatoms. The van der Waals surface area contributed by atoms with Gasteiger partial charge in [-0.15, -0.1) is 12.4 Å². The number of benzene rings is 1. The van der Waals surface area contributed by atoms with Crippen molar-refractivity contribution in [2.75, 3.05) is 18.5 Å². The minimum atomic E-state index is -0.449. The third kappa shape index (κ3) is 7.43. The van der Waals surface area contributed by atoms with Crippen LogP contribution in [-0.2, 0) is 15.3 Å². The molecule has 0 aliphatic carbocycles. The van der Waals surface area contributed by atoms with Crippen molar-refractivity contribution in [2.45, 2.75) is 50.2 Å². The van der Waals surface area contributed by atoms with Gasteiger partial charge in [0.25, 0.3) is 0 Å². The molecule has 1 saturated heterocycles. The number of carbonyl (C=O) groups excluding carboxylic acids is 1. The highest BCUT2D eigenvalue weighted by atomic mass is 35.5. The molecule has 3 N–H and O–H groups in total. The van der Waals surface area contributed by atoms with Crippen molar-refractivity contribution in [3.8, 4) is 0 Å². The number of amides is 1. The van der Waals surface area contributed by atoms with Gasteiger partial charge in [-0.1, -0.05) is 26.0 Å². The first-order chi connectivity index (χ1) is 11.0. The van der Waals surface area contributed by atoms with E-state index in [4.69, 9.17) is 10.5 Å². The van der Waals surface area contributed by atoms with Gasteiger partial charge in [0.1, 0.15) is 0 Å². The van der Waals surface area contributed by atoms with E-state index in [0.29, 0.717) is 17.6 Å². The highest BCUT2D eigenvalue weighted by Crippen LogP contribution is 2.26. The maximum Gasteiger partial charge on any atom is 0.241 e. The number of rotatable bonds is 7. The maximum atomic E-state index is 12.1. The number of carbonyl (C=O) groups is 1. The second kappa shape index (κ2) is 11.0. The van der Waals surface area contributed by atoms with Crippen LogP contribution in [0.1, 0.15) is 38.7 Å². The Kier molecular flexibility index (Phi) is 9.74. The molecule has 24 heavy (non-hydrogen) atoms. The van der Waals surface area contributed by atoms with Gasteiger partial charge >= 0.3 is 0 Å². The minimum Gasteiger partial charge on any atom is -0.381 e. The number of nitrogens with two attached hydrogens (primary N) is 1. The van der Waals surface area contributed by atoms with Gasteiger partial charge in [0.15, 0.2) is 0 Å². The summed E-state index contributed by atoms with van der Waals surface area (Å²) in [6.07, 6.45) is 2.96. The summed E-state index contributed by atoms with van der Waals surface area (Å²) in [5.74, 6) is 1.28. The van der Waals surface area contributed by atoms with E-state index in [2.05, 4.69) is 25.2 Å². The number of hydrogen-bond acceptors (Lipinski definition) is 4. The Hall–Kier alpha value is -0.750. The molecule has 0 spiro atoms. The van der Waals surface area contributed by atoms with Crippen molar-refractivity contribution in [2.24, 2.45) is 11.7 Å². The van der Waals surface area contributed by atoms with Crippen LogP contribution in [0.15, 0.2) is 24.3 Å². The lowest BCUT2D eigenvalue weighted by Gasteiger charge is -2.21. The normalized spacial score (nSPS) is 16.5. The molecule has 1 amide bonds. The Morgan fingerprint density at radius 3 is 2.75 bits per heavy atom. The summed E-state index contributed by atoms with van der Waals surface area (Å²) in [4.78, 5) is 12.1. The van der Waals surface area contributed by atoms with E-state index < -0.39 is 6.04 Å². The van der Waals surface area contributed by atoms with Gasteiger partial charge in [-0.3, -0.25) is 4.79 Å². The van der Waals surface area contributed by atoms with Gasteiger partial charge in [-0.25, -0.2) is 0 Å². The Morgan fingerprint density at radius 1 is 1.38 bits per heavy atom. The largest absolute Gasteiger partial charge is 0.381 e. The predicted octanol–water partition coefficient (Wildman–Crippen LogP) is 3.83. The van der Waals surface area contributed by atoms with E-state index in [9.17, 15) is 4.79 Å². The summed E-state index contributed by atoms with van der Waals surface area (Å²) < 4.78 is 5.39. The first-order valence-electron chi connectivity index (χ1n) is 8.39. The van der Waals surface area contributed by atoms with E-state index >= 15 is 0 Å². The topological polar surface area (TPSA) is 64.4 Å². The summed E-state index contributed by atoms with van der Waals surface area (Å²) in [6.45, 7) is 5.89. The fourth-order valence-electron chi connectivity index (χ4n) is 2.65. The van der Waals surface area contributed by atoms with Crippen LogP contribution in [0.4, 0.5) is 5.69 Å². The summed E-state index contributed by atoms with van der Waals surface area (Å²) in [7, 11) is 0. The second-order valence-electron chi connectivity index (χ2n) is 6.55. The van der Waals surface area contributed by atoms with Crippen molar-refractivity contribution >= 4 is 35.8 Å². The molecule has 2 rings (SSSR count). The van der Waals surface area contributed by atoms with Gasteiger partial charge in [0.05, 0.1) is 6.04 Å². The van der Waals surface area contributed by atoms with Gasteiger partial charge in [0, 0.05) is 29.9 Å². The maximum absolute atomic E-state index is 12.1. The molecule has 136 valence electrons. The smallest absolute Gasteiger partial charge is 0.241 e. The van der Waals surface area contributed by atoms with Gasteiger partial charge < -0.3 is 15.8 Å². The lowest BCUT2D eigenvalue weighted by atomic mass is 10.0. The number of nitrogens with one attached hydrogen (secondary N) is 1. The molecule has 0 aromatic heterocycles. The second-order valence-corrected chi connectivity index (χ2v) is 7.84. The van der Waals surface area contributed by atoms with Gasteiger partial charge in [0.2, 0.25) is 5.91 Å². The minimum absolute atomic E-state index is 0. The van der Waals surface area contributed by atoms with Crippen LogP contribution < -0.4 is 11.1 Å². The summed E-state index contributed by atoms with van der Waals surface area (Å²) in [5.41, 5.74) is 8.00. The molecule has 4 nitrogen and oxygen atoms in total. The molecule has 1 aromatic rings. The van der Waals surface area contributed by atoms with Gasteiger partial charge in [-0.05, 0) is 42.9 Å². The lowest BCUT2D eigenvalue weighted by molar-refractivity contribution is -0.117. The number of halogens is 1. The molecular formula is C18H29ClN2O2S. The predicted molar refractivity (Wildman–Crippen MR) is 105 cm³/mol. The molecule has 1 aliphatic heterocycles. The van der Waals surface area contributed by atoms with Crippen molar-refractivity contribution < 1.29 is 9.53 Å². The number of ether oxygens (including phenoxy) is 1. The zero-order valence-electron chi connectivity index (χ0n) is 14.5. The molecule has 1 aromatic carbocycles. The zero-order chi connectivity index (χ0) is 16.7. The van der Waals surface area contributed by atoms with Crippen LogP contribution in [0.5, 0.6) is 0 Å². The average molecular weight is 373 g/mol. The van der Waals surface area contributed by atoms with E-state index in [-0.39, 0.29) is 18.3 Å². The molecule has 1 atom stereocenters. The van der Waals surface area contributed by atoms with Crippen LogP contribution in [0, 0.1) is 5.92 Å². The highest BCUT2D eigenvalue weighted by Gasteiger charge is 2.16. The highest BCUT2D eigenvalue weighted by molar-refractivity contribution is 7.99. The zero-order valence-corrected chi connectivity index (χ0v) is 16.1. The molecule has 0 unspecified atom stereocenters. The van der Waals surface area contributed by atoms with Crippen molar-refractivity contribution in [3.05, 3.63) is 29.8 Å². The van der Waals surface area contributed by atoms with Gasteiger partial charge in [-0.2, -0.15) is 11.8 Å². The van der Waals surface area contributed by atoms with Crippen molar-refractivity contribution in [1.82, 2.24) is 0 Å². The first-order valence-corrected chi connectivity index (χ1v) is 9.44. The van der Waals surface area contributed by atoms with E-state index in [1.165, 1.54) is 5.56 Å². The first kappa shape index (κ1) is 21.3. The van der Waals surface area contributed by atoms with E-state index in [1.54, 1.807) is 0 Å². The molecule has 0 bridgehead atoms. The summed E-state index contributed by atoms with van der Waals surface area (Å²) in [6, 6.07) is 7.62. The SMILES string of the molecule is CC(C)C[C@H](N)C(=O)Nc1cccc(CSC2CCOCC2)c1.Cl. The summed E-state index contributed by atoms with van der Waals surface area (Å²) >= 11 is 1.98. The molecular weight excluding hydrogens is 344 g/mol. The molecule has 1 fully saturated rings. The van der Waals surface area contributed by atoms with Crippen LogP contribution in [0.25, 0.3) is 0 Å². The Labute approximate surface area is 155 Å². The summed E-state index contributed by atoms with van der Waals surface area (Å²) in [5, 5.41) is 3.61. The van der Waals surface area contributed by atoms with E-state index in [0.717, 1.165) is 37.5 Å². The van der Waals surface area contributed by atoms with Crippen molar-refractivity contribution in [1.29, 1.82) is 0 Å². The average Bonchev–Trinajstić information content (AvgIpc) is 2.53. The van der Waals surface area contributed by atoms with Crippen LogP contribution >= 0.6 is 24.2 Å². The standard InChI is InChI=1S/C18H28N2O2S.ClH/c1-13(2)10-17(19)18(21)20-15-5-3-4-14(11-15)12-23-16-6-8-22-9-7-16;/h3-5,11,13,16-17H,6-10,12,19H2,1-2H3,(H,20,21);1H/t17-;/m0./s1. The molecule has 0 radical (unpaired) electrons. The van der Waals surface area contributed by atoms with E-state index in [1.807, 2.05) is 30.0 Å². The van der Waals surface area contributed by atoms with Crippen LogP contribution in [0.2, 0.25) is 0 Å².